The minimum atomic E-state index is -0.547. The topological polar surface area (TPSA) is 74.7 Å². The fourth-order valence-corrected chi connectivity index (χ4v) is 7.66. The summed E-state index contributed by atoms with van der Waals surface area (Å²) in [6.07, 6.45) is 10.2. The van der Waals surface area contributed by atoms with E-state index in [0.717, 1.165) is 56.0 Å². The maximum atomic E-state index is 16.7. The van der Waals surface area contributed by atoms with Gasteiger partial charge in [0.05, 0.1) is 10.9 Å². The molecule has 0 bridgehead atoms. The SMILES string of the molecule is C/C=C/C(=O)N1CCC(N(C)c2nc(OCC34CCCN3CCC4)nc3c(F)c(-c4cccc5cccc(Cl)c45)ncc23)C1. The first kappa shape index (κ1) is 28.9. The lowest BCUT2D eigenvalue weighted by atomic mass is 9.95. The average Bonchev–Trinajstić information content (AvgIpc) is 3.77. The van der Waals surface area contributed by atoms with Gasteiger partial charge >= 0.3 is 6.01 Å². The molecule has 1 unspecified atom stereocenters. The number of pyridine rings is 1. The van der Waals surface area contributed by atoms with Crippen LogP contribution < -0.4 is 9.64 Å². The van der Waals surface area contributed by atoms with Crippen molar-refractivity contribution < 1.29 is 13.9 Å². The number of aromatic nitrogens is 3. The van der Waals surface area contributed by atoms with Gasteiger partial charge in [-0.1, -0.05) is 48.0 Å². The van der Waals surface area contributed by atoms with Crippen LogP contribution >= 0.6 is 11.6 Å². The van der Waals surface area contributed by atoms with E-state index < -0.39 is 5.82 Å². The molecule has 7 rings (SSSR count). The molecule has 228 valence electrons. The van der Waals surface area contributed by atoms with Crippen LogP contribution in [0.2, 0.25) is 5.02 Å². The van der Waals surface area contributed by atoms with Crippen LogP contribution in [-0.2, 0) is 4.79 Å². The lowest BCUT2D eigenvalue weighted by Gasteiger charge is -2.31. The number of anilines is 1. The molecule has 1 atom stereocenters. The van der Waals surface area contributed by atoms with E-state index in [9.17, 15) is 4.79 Å². The summed E-state index contributed by atoms with van der Waals surface area (Å²) in [5, 5.41) is 2.66. The van der Waals surface area contributed by atoms with Crippen molar-refractivity contribution in [3.63, 3.8) is 0 Å². The molecular formula is C34H36ClFN6O2. The fraction of sp³-hybridized carbons (Fsp3) is 0.412. The zero-order valence-corrected chi connectivity index (χ0v) is 25.9. The van der Waals surface area contributed by atoms with Crippen LogP contribution in [0.25, 0.3) is 32.9 Å². The van der Waals surface area contributed by atoms with Gasteiger partial charge in [0.25, 0.3) is 0 Å². The van der Waals surface area contributed by atoms with Gasteiger partial charge in [-0.05, 0) is 69.6 Å². The number of benzene rings is 2. The highest BCUT2D eigenvalue weighted by atomic mass is 35.5. The highest BCUT2D eigenvalue weighted by Gasteiger charge is 2.45. The van der Waals surface area contributed by atoms with Crippen molar-refractivity contribution in [1.82, 2.24) is 24.8 Å². The van der Waals surface area contributed by atoms with Gasteiger partial charge in [-0.2, -0.15) is 9.97 Å². The number of allylic oxidation sites excluding steroid dienone is 1. The van der Waals surface area contributed by atoms with Crippen molar-refractivity contribution in [1.29, 1.82) is 0 Å². The predicted octanol–water partition coefficient (Wildman–Crippen LogP) is 6.26. The molecule has 10 heteroatoms. The number of fused-ring (bicyclic) bond motifs is 3. The number of nitrogens with zero attached hydrogens (tertiary/aromatic N) is 6. The maximum Gasteiger partial charge on any atom is 0.319 e. The number of ether oxygens (including phenoxy) is 1. The molecule has 8 nitrogen and oxygen atoms in total. The van der Waals surface area contributed by atoms with Crippen molar-refractivity contribution in [2.45, 2.75) is 50.6 Å². The molecule has 0 aliphatic carbocycles. The molecule has 0 spiro atoms. The minimum Gasteiger partial charge on any atom is -0.461 e. The van der Waals surface area contributed by atoms with E-state index in [4.69, 9.17) is 21.3 Å². The molecule has 4 aromatic rings. The molecule has 5 heterocycles. The Morgan fingerprint density at radius 3 is 2.70 bits per heavy atom. The molecule has 0 radical (unpaired) electrons. The molecule has 3 aliphatic rings. The Bertz CT molecular complexity index is 1770. The van der Waals surface area contributed by atoms with Gasteiger partial charge in [0.15, 0.2) is 5.82 Å². The Morgan fingerprint density at radius 2 is 1.93 bits per heavy atom. The van der Waals surface area contributed by atoms with Crippen LogP contribution in [0.3, 0.4) is 0 Å². The number of halogens is 2. The third-order valence-electron chi connectivity index (χ3n) is 9.70. The van der Waals surface area contributed by atoms with Gasteiger partial charge < -0.3 is 14.5 Å². The van der Waals surface area contributed by atoms with Crippen molar-refractivity contribution in [2.24, 2.45) is 0 Å². The number of likely N-dealkylation sites (tertiary alicyclic amines) is 1. The van der Waals surface area contributed by atoms with E-state index in [1.165, 1.54) is 0 Å². The molecular weight excluding hydrogens is 579 g/mol. The first-order valence-electron chi connectivity index (χ1n) is 15.4. The van der Waals surface area contributed by atoms with Crippen LogP contribution in [-0.4, -0.2) is 82.1 Å². The monoisotopic (exact) mass is 614 g/mol. The fourth-order valence-electron chi connectivity index (χ4n) is 7.37. The summed E-state index contributed by atoms with van der Waals surface area (Å²) in [6.45, 7) is 5.65. The van der Waals surface area contributed by atoms with Gasteiger partial charge in [-0.3, -0.25) is 14.7 Å². The van der Waals surface area contributed by atoms with Crippen molar-refractivity contribution in [3.8, 4) is 17.3 Å². The smallest absolute Gasteiger partial charge is 0.319 e. The normalized spacial score (nSPS) is 19.8. The summed E-state index contributed by atoms with van der Waals surface area (Å²) in [7, 11) is 1.94. The zero-order chi connectivity index (χ0) is 30.4. The number of carbonyl (C=O) groups excluding carboxylic acids is 1. The van der Waals surface area contributed by atoms with Crippen LogP contribution in [0.15, 0.2) is 54.7 Å². The van der Waals surface area contributed by atoms with Crippen molar-refractivity contribution >= 4 is 45.0 Å². The minimum absolute atomic E-state index is 0.00600. The van der Waals surface area contributed by atoms with Crippen molar-refractivity contribution in [2.75, 3.05) is 44.7 Å². The summed E-state index contributed by atoms with van der Waals surface area (Å²) >= 11 is 6.61. The van der Waals surface area contributed by atoms with E-state index in [1.807, 2.05) is 54.1 Å². The molecule has 0 saturated carbocycles. The summed E-state index contributed by atoms with van der Waals surface area (Å²) in [4.78, 5) is 33.1. The van der Waals surface area contributed by atoms with E-state index >= 15 is 4.39 Å². The van der Waals surface area contributed by atoms with Gasteiger partial charge in [0.2, 0.25) is 5.91 Å². The Balaban J connectivity index is 1.31. The molecule has 2 aromatic heterocycles. The second-order valence-electron chi connectivity index (χ2n) is 12.2. The Hall–Kier alpha value is -3.82. The van der Waals surface area contributed by atoms with Crippen molar-refractivity contribution in [3.05, 3.63) is 65.6 Å². The molecule has 3 aliphatic heterocycles. The second kappa shape index (κ2) is 11.6. The second-order valence-corrected chi connectivity index (χ2v) is 12.6. The summed E-state index contributed by atoms with van der Waals surface area (Å²) in [5.41, 5.74) is 0.919. The number of rotatable bonds is 7. The van der Waals surface area contributed by atoms with Crippen LogP contribution in [0.5, 0.6) is 6.01 Å². The highest BCUT2D eigenvalue weighted by molar-refractivity contribution is 6.36. The predicted molar refractivity (Wildman–Crippen MR) is 172 cm³/mol. The Labute approximate surface area is 261 Å². The first-order chi connectivity index (χ1) is 21.4. The number of hydrogen-bond donors (Lipinski definition) is 0. The van der Waals surface area contributed by atoms with E-state index in [2.05, 4.69) is 14.9 Å². The molecule has 1 amide bonds. The van der Waals surface area contributed by atoms with Gasteiger partial charge in [0, 0.05) is 48.3 Å². The summed E-state index contributed by atoms with van der Waals surface area (Å²) in [5.74, 6) is -0.0194. The molecule has 3 fully saturated rings. The van der Waals surface area contributed by atoms with Crippen LogP contribution in [0.1, 0.15) is 39.0 Å². The molecule has 3 saturated heterocycles. The molecule has 2 aromatic carbocycles. The molecule has 44 heavy (non-hydrogen) atoms. The van der Waals surface area contributed by atoms with Gasteiger partial charge in [0.1, 0.15) is 23.6 Å². The quantitative estimate of drug-likeness (QED) is 0.228. The van der Waals surface area contributed by atoms with E-state index in [0.29, 0.717) is 41.5 Å². The van der Waals surface area contributed by atoms with Crippen LogP contribution in [0.4, 0.5) is 10.2 Å². The Morgan fingerprint density at radius 1 is 1.16 bits per heavy atom. The maximum absolute atomic E-state index is 16.7. The zero-order valence-electron chi connectivity index (χ0n) is 25.1. The molecule has 0 N–H and O–H groups in total. The number of amides is 1. The number of likely N-dealkylation sites (N-methyl/N-ethyl adjacent to an activating group) is 1. The van der Waals surface area contributed by atoms with Gasteiger partial charge in [-0.25, -0.2) is 4.39 Å². The Kier molecular flexibility index (Phi) is 7.62. The number of carbonyl (C=O) groups is 1. The van der Waals surface area contributed by atoms with Gasteiger partial charge in [-0.15, -0.1) is 0 Å². The van der Waals surface area contributed by atoms with E-state index in [-0.39, 0.29) is 34.7 Å². The number of hydrogen-bond acceptors (Lipinski definition) is 7. The van der Waals surface area contributed by atoms with E-state index in [1.54, 1.807) is 24.4 Å². The third kappa shape index (κ3) is 4.96. The average molecular weight is 615 g/mol. The van der Waals surface area contributed by atoms with Crippen LogP contribution in [0, 0.1) is 5.82 Å². The lowest BCUT2D eigenvalue weighted by Crippen LogP contribution is -2.43. The summed E-state index contributed by atoms with van der Waals surface area (Å²) in [6, 6.07) is 11.4. The summed E-state index contributed by atoms with van der Waals surface area (Å²) < 4.78 is 23.0. The first-order valence-corrected chi connectivity index (χ1v) is 15.8. The lowest BCUT2D eigenvalue weighted by molar-refractivity contribution is -0.125. The largest absolute Gasteiger partial charge is 0.461 e. The highest BCUT2D eigenvalue weighted by Crippen LogP contribution is 2.40. The third-order valence-corrected chi connectivity index (χ3v) is 10.0. The standard InChI is InChI=1S/C34H36ClFN6O2/c1-3-8-27(43)41-18-13-23(20-41)40(2)32-25-19-37-30(24-11-4-9-22-10-5-12-26(35)28(22)24)29(36)31(25)38-33(39-32)44-21-34-14-6-16-42(34)17-7-15-34/h3-5,8-12,19,23H,6-7,13-18,20-21H2,1-2H3/b8-3+.